The van der Waals surface area contributed by atoms with Gasteiger partial charge < -0.3 is 13.4 Å². The second kappa shape index (κ2) is 8.43. The Kier molecular flexibility index (Phi) is 4.43. The molecular weight excluding hydrogens is 550 g/mol. The quantitative estimate of drug-likeness (QED) is 0.205. The molecule has 45 heavy (non-hydrogen) atoms. The summed E-state index contributed by atoms with van der Waals surface area (Å²) in [4.78, 5) is 0. The summed E-state index contributed by atoms with van der Waals surface area (Å²) in [6.45, 7) is 0. The highest BCUT2D eigenvalue weighted by Crippen LogP contribution is 2.56. The molecule has 2 atom stereocenters. The molecule has 4 heterocycles. The van der Waals surface area contributed by atoms with Gasteiger partial charge in [0, 0.05) is 38.4 Å². The Bertz CT molecular complexity index is 2700. The number of para-hydroxylation sites is 2. The van der Waals surface area contributed by atoms with Crippen LogP contribution in [0, 0.1) is 0 Å². The van der Waals surface area contributed by atoms with Crippen LogP contribution in [0.5, 0.6) is 0 Å². The number of hydrogen-bond donors (Lipinski definition) is 0. The average Bonchev–Trinajstić information content (AvgIpc) is 3.84. The van der Waals surface area contributed by atoms with Gasteiger partial charge in [0.15, 0.2) is 5.58 Å². The van der Waals surface area contributed by atoms with Crippen LogP contribution in [0.25, 0.3) is 83.0 Å². The summed E-state index contributed by atoms with van der Waals surface area (Å²) in [6, 6.07) is 45.6. The van der Waals surface area contributed by atoms with Crippen LogP contribution in [0.3, 0.4) is 0 Å². The molecule has 1 aliphatic carbocycles. The molecule has 1 aliphatic heterocycles. The Morgan fingerprint density at radius 3 is 1.98 bits per heavy atom. The summed E-state index contributed by atoms with van der Waals surface area (Å²) in [7, 11) is 0. The maximum absolute atomic E-state index is 6.72. The number of benzene rings is 6. The van der Waals surface area contributed by atoms with Crippen molar-refractivity contribution < 1.29 is 8.83 Å². The molecule has 0 spiro atoms. The zero-order chi connectivity index (χ0) is 29.2. The number of nitrogens with zero attached hydrogens (tertiary/aromatic N) is 1. The summed E-state index contributed by atoms with van der Waals surface area (Å²) < 4.78 is 15.9. The van der Waals surface area contributed by atoms with Crippen LogP contribution in [-0.2, 0) is 0 Å². The van der Waals surface area contributed by atoms with Crippen LogP contribution in [-0.4, -0.2) is 4.57 Å². The largest absolute Gasteiger partial charge is 0.458 e. The molecule has 2 unspecified atom stereocenters. The van der Waals surface area contributed by atoms with Gasteiger partial charge in [0.1, 0.15) is 23.0 Å². The highest BCUT2D eigenvalue weighted by atomic mass is 16.3. The van der Waals surface area contributed by atoms with Gasteiger partial charge in [-0.1, -0.05) is 109 Å². The van der Waals surface area contributed by atoms with E-state index in [1.807, 2.05) is 6.07 Å². The van der Waals surface area contributed by atoms with Crippen molar-refractivity contribution in [1.82, 2.24) is 4.57 Å². The highest BCUT2D eigenvalue weighted by molar-refractivity contribution is 6.22. The van der Waals surface area contributed by atoms with E-state index in [0.717, 1.165) is 38.8 Å². The van der Waals surface area contributed by atoms with Crippen LogP contribution in [0.1, 0.15) is 28.8 Å². The fraction of sp³-hybridized carbons (Fsp3) is 0.0476. The zero-order valence-corrected chi connectivity index (χ0v) is 24.2. The number of allylic oxidation sites excluding steroid dienone is 1. The molecule has 3 nitrogen and oxygen atoms in total. The molecule has 0 amide bonds. The van der Waals surface area contributed by atoms with Crippen molar-refractivity contribution in [2.75, 3.05) is 0 Å². The Hall–Kier alpha value is -5.80. The molecule has 11 rings (SSSR count). The van der Waals surface area contributed by atoms with Gasteiger partial charge in [-0.3, -0.25) is 0 Å². The number of hydrogen-bond acceptors (Lipinski definition) is 2. The third-order valence-electron chi connectivity index (χ3n) is 10.1. The Morgan fingerprint density at radius 2 is 1.16 bits per heavy atom. The van der Waals surface area contributed by atoms with Gasteiger partial charge in [-0.15, -0.1) is 0 Å². The predicted molar refractivity (Wildman–Crippen MR) is 184 cm³/mol. The van der Waals surface area contributed by atoms with Gasteiger partial charge >= 0.3 is 0 Å². The molecule has 3 aromatic heterocycles. The van der Waals surface area contributed by atoms with E-state index in [0.29, 0.717) is 0 Å². The second-order valence-corrected chi connectivity index (χ2v) is 12.4. The van der Waals surface area contributed by atoms with Crippen molar-refractivity contribution in [3.63, 3.8) is 0 Å². The van der Waals surface area contributed by atoms with Crippen LogP contribution >= 0.6 is 0 Å². The Balaban J connectivity index is 1.22. The van der Waals surface area contributed by atoms with Crippen molar-refractivity contribution in [2.24, 2.45) is 0 Å². The lowest BCUT2D eigenvalue weighted by atomic mass is 9.84. The molecule has 2 aliphatic rings. The normalized spacial score (nSPS) is 16.8. The monoisotopic (exact) mass is 575 g/mol. The Labute approximate surface area is 258 Å². The van der Waals surface area contributed by atoms with Gasteiger partial charge in [-0.05, 0) is 58.1 Å². The molecule has 0 bridgehead atoms. The summed E-state index contributed by atoms with van der Waals surface area (Å²) in [5, 5.41) is 5.93. The third-order valence-corrected chi connectivity index (χ3v) is 10.1. The number of rotatable bonds is 2. The molecule has 6 aromatic carbocycles. The van der Waals surface area contributed by atoms with Crippen molar-refractivity contribution >= 4 is 60.8 Å². The topological polar surface area (TPSA) is 31.2 Å². The smallest absolute Gasteiger partial charge is 0.159 e. The Morgan fingerprint density at radius 1 is 0.489 bits per heavy atom. The standard InChI is InChI=1S/C42H25NO2/c1-2-8-24(9-3-1)25-14-16-26(17-15-25)27-22-34-30-18-20-32-28-10-4-6-12-36(28)44-41(32)39(30)43-38(34)35(23-27)31-19-21-33-29-11-5-7-13-37(29)45-42(33)40(31)43/h1-23,30,39H. The molecule has 0 fully saturated rings. The van der Waals surface area contributed by atoms with Crippen molar-refractivity contribution in [3.8, 4) is 22.3 Å². The van der Waals surface area contributed by atoms with E-state index in [2.05, 4.69) is 138 Å². The summed E-state index contributed by atoms with van der Waals surface area (Å²) >= 11 is 0. The lowest BCUT2D eigenvalue weighted by Gasteiger charge is -2.23. The molecule has 3 heteroatoms. The van der Waals surface area contributed by atoms with Gasteiger partial charge in [-0.2, -0.15) is 0 Å². The van der Waals surface area contributed by atoms with Crippen LogP contribution < -0.4 is 0 Å². The molecule has 0 saturated carbocycles. The summed E-state index contributed by atoms with van der Waals surface area (Å²) in [5.41, 5.74) is 12.6. The second-order valence-electron chi connectivity index (χ2n) is 12.4. The minimum absolute atomic E-state index is 0.00178. The molecule has 210 valence electrons. The molecule has 9 aromatic rings. The van der Waals surface area contributed by atoms with E-state index in [1.165, 1.54) is 55.1 Å². The maximum Gasteiger partial charge on any atom is 0.159 e. The predicted octanol–water partition coefficient (Wildman–Crippen LogP) is 11.5. The first kappa shape index (κ1) is 23.6. The maximum atomic E-state index is 6.72. The van der Waals surface area contributed by atoms with E-state index in [4.69, 9.17) is 8.83 Å². The molecular formula is C42H25NO2. The SMILES string of the molecule is C1=CC2c3cc(-c4ccc(-c5ccccc5)cc4)cc4c5ccc6c7ccccc7oc6c5n(c34)C2c2oc3ccccc3c21. The van der Waals surface area contributed by atoms with Gasteiger partial charge in [-0.25, -0.2) is 0 Å². The molecule has 0 radical (unpaired) electrons. The lowest BCUT2D eigenvalue weighted by molar-refractivity contribution is 0.448. The first-order chi connectivity index (χ1) is 22.3. The first-order valence-electron chi connectivity index (χ1n) is 15.6. The van der Waals surface area contributed by atoms with E-state index in [1.54, 1.807) is 0 Å². The summed E-state index contributed by atoms with van der Waals surface area (Å²) in [5.74, 6) is 1.18. The minimum atomic E-state index is 0.00178. The fourth-order valence-corrected chi connectivity index (χ4v) is 8.15. The van der Waals surface area contributed by atoms with E-state index in [-0.39, 0.29) is 12.0 Å². The zero-order valence-electron chi connectivity index (χ0n) is 24.2. The summed E-state index contributed by atoms with van der Waals surface area (Å²) in [6.07, 6.45) is 4.67. The number of aromatic nitrogens is 1. The lowest BCUT2D eigenvalue weighted by Crippen LogP contribution is -2.14. The van der Waals surface area contributed by atoms with Crippen LogP contribution in [0.15, 0.2) is 142 Å². The highest BCUT2D eigenvalue weighted by Gasteiger charge is 2.42. The number of fused-ring (bicyclic) bond motifs is 14. The van der Waals surface area contributed by atoms with Gasteiger partial charge in [0.25, 0.3) is 0 Å². The average molecular weight is 576 g/mol. The van der Waals surface area contributed by atoms with Crippen LogP contribution in [0.4, 0.5) is 0 Å². The van der Waals surface area contributed by atoms with Crippen molar-refractivity contribution in [1.29, 1.82) is 0 Å². The number of furan rings is 2. The van der Waals surface area contributed by atoms with Crippen molar-refractivity contribution in [2.45, 2.75) is 12.0 Å². The fourth-order valence-electron chi connectivity index (χ4n) is 8.15. The molecule has 0 saturated heterocycles. The minimum Gasteiger partial charge on any atom is -0.458 e. The van der Waals surface area contributed by atoms with E-state index < -0.39 is 0 Å². The van der Waals surface area contributed by atoms with Gasteiger partial charge in [0.2, 0.25) is 0 Å². The van der Waals surface area contributed by atoms with Gasteiger partial charge in [0.05, 0.1) is 11.0 Å². The molecule has 0 N–H and O–H groups in total. The van der Waals surface area contributed by atoms with Crippen LogP contribution in [0.2, 0.25) is 0 Å². The van der Waals surface area contributed by atoms with E-state index >= 15 is 0 Å². The third kappa shape index (κ3) is 3.05. The first-order valence-corrected chi connectivity index (χ1v) is 15.6. The van der Waals surface area contributed by atoms with E-state index in [9.17, 15) is 0 Å². The van der Waals surface area contributed by atoms with Crippen molar-refractivity contribution in [3.05, 3.63) is 150 Å².